The van der Waals surface area contributed by atoms with E-state index in [1.807, 2.05) is 0 Å². The topological polar surface area (TPSA) is 102 Å². The lowest BCUT2D eigenvalue weighted by molar-refractivity contribution is -0.130. The van der Waals surface area contributed by atoms with E-state index >= 15 is 0 Å². The molecule has 8 heteroatoms. The summed E-state index contributed by atoms with van der Waals surface area (Å²) in [7, 11) is -3.43. The first-order valence-electron chi connectivity index (χ1n) is 8.43. The first kappa shape index (κ1) is 19.7. The summed E-state index contributed by atoms with van der Waals surface area (Å²) >= 11 is 0. The molecule has 1 fully saturated rings. The fourth-order valence-corrected chi connectivity index (χ4v) is 3.38. The Morgan fingerprint density at radius 3 is 2.84 bits per heavy atom. The van der Waals surface area contributed by atoms with Gasteiger partial charge in [-0.2, -0.15) is 0 Å². The van der Waals surface area contributed by atoms with Gasteiger partial charge in [0.1, 0.15) is 11.9 Å². The number of anilines is 1. The van der Waals surface area contributed by atoms with Gasteiger partial charge in [-0.1, -0.05) is 6.92 Å². The monoisotopic (exact) mass is 371 g/mol. The average molecular weight is 371 g/mol. The first-order valence-corrected chi connectivity index (χ1v) is 10.1. The highest BCUT2D eigenvalue weighted by molar-refractivity contribution is 7.91. The minimum Gasteiger partial charge on any atom is -0.506 e. The molecule has 2 rings (SSSR count). The van der Waals surface area contributed by atoms with E-state index in [0.29, 0.717) is 13.2 Å². The van der Waals surface area contributed by atoms with E-state index in [2.05, 4.69) is 5.32 Å². The quantitative estimate of drug-likeness (QED) is 0.712. The molecule has 1 aromatic rings. The van der Waals surface area contributed by atoms with Crippen molar-refractivity contribution in [3.63, 3.8) is 0 Å². The average Bonchev–Trinajstić information content (AvgIpc) is 2.62. The van der Waals surface area contributed by atoms with Crippen LogP contribution < -0.4 is 5.32 Å². The van der Waals surface area contributed by atoms with Gasteiger partial charge in [-0.3, -0.25) is 4.79 Å². The largest absolute Gasteiger partial charge is 0.506 e. The Bertz CT molecular complexity index is 697. The minimum absolute atomic E-state index is 0.00423. The molecular formula is C17H25NO6S. The van der Waals surface area contributed by atoms with Crippen molar-refractivity contribution in [2.24, 2.45) is 0 Å². The van der Waals surface area contributed by atoms with Gasteiger partial charge in [-0.15, -0.1) is 0 Å². The zero-order chi connectivity index (χ0) is 18.4. The molecule has 1 amide bonds. The van der Waals surface area contributed by atoms with E-state index in [0.717, 1.165) is 19.3 Å². The molecule has 0 aromatic heterocycles. The van der Waals surface area contributed by atoms with E-state index < -0.39 is 21.8 Å². The Morgan fingerprint density at radius 1 is 1.44 bits per heavy atom. The van der Waals surface area contributed by atoms with Gasteiger partial charge in [-0.25, -0.2) is 8.42 Å². The fraction of sp³-hybridized carbons (Fsp3) is 0.588. The highest BCUT2D eigenvalue weighted by atomic mass is 32.2. The Kier molecular flexibility index (Phi) is 6.80. The van der Waals surface area contributed by atoms with Gasteiger partial charge in [0.05, 0.1) is 29.0 Å². The molecular weight excluding hydrogens is 346 g/mol. The maximum atomic E-state index is 12.2. The molecule has 140 valence electrons. The van der Waals surface area contributed by atoms with Crippen LogP contribution in [0.3, 0.4) is 0 Å². The molecule has 2 atom stereocenters. The summed E-state index contributed by atoms with van der Waals surface area (Å²) in [5.41, 5.74) is 0.0453. The van der Waals surface area contributed by atoms with Crippen LogP contribution in [0.4, 0.5) is 5.69 Å². The maximum absolute atomic E-state index is 12.2. The van der Waals surface area contributed by atoms with Gasteiger partial charge in [0.15, 0.2) is 9.84 Å². The molecule has 1 heterocycles. The van der Waals surface area contributed by atoms with Gasteiger partial charge < -0.3 is 19.9 Å². The molecule has 1 aromatic carbocycles. The molecule has 0 radical (unpaired) electrons. The summed E-state index contributed by atoms with van der Waals surface area (Å²) in [6.07, 6.45) is 2.28. The summed E-state index contributed by atoms with van der Waals surface area (Å²) in [4.78, 5) is 12.3. The minimum atomic E-state index is -3.43. The molecule has 1 saturated heterocycles. The van der Waals surface area contributed by atoms with Crippen LogP contribution in [-0.4, -0.2) is 50.6 Å². The number of hydrogen-bond acceptors (Lipinski definition) is 6. The van der Waals surface area contributed by atoms with Crippen LogP contribution in [0.1, 0.15) is 33.1 Å². The Balaban J connectivity index is 1.98. The normalized spacial score (nSPS) is 19.4. The van der Waals surface area contributed by atoms with Crippen molar-refractivity contribution in [2.45, 2.75) is 50.2 Å². The number of amides is 1. The van der Waals surface area contributed by atoms with Crippen LogP contribution in [0.2, 0.25) is 0 Å². The number of ether oxygens (including phenoxy) is 2. The smallest absolute Gasteiger partial charge is 0.253 e. The number of hydrogen-bond donors (Lipinski definition) is 2. The predicted octanol–water partition coefficient (Wildman–Crippen LogP) is 2.10. The highest BCUT2D eigenvalue weighted by Gasteiger charge is 2.21. The van der Waals surface area contributed by atoms with E-state index in [9.17, 15) is 18.3 Å². The zero-order valence-electron chi connectivity index (χ0n) is 14.5. The van der Waals surface area contributed by atoms with Crippen molar-refractivity contribution in [1.29, 1.82) is 0 Å². The van der Waals surface area contributed by atoms with Crippen LogP contribution in [0.5, 0.6) is 5.75 Å². The summed E-state index contributed by atoms with van der Waals surface area (Å²) in [6.45, 7) is 4.16. The molecule has 1 aliphatic heterocycles. The van der Waals surface area contributed by atoms with Gasteiger partial charge >= 0.3 is 0 Å². The fourth-order valence-electron chi connectivity index (χ4n) is 2.48. The Labute approximate surface area is 148 Å². The molecule has 0 bridgehead atoms. The van der Waals surface area contributed by atoms with Crippen molar-refractivity contribution in [2.75, 3.05) is 24.3 Å². The van der Waals surface area contributed by atoms with Crippen LogP contribution in [0.25, 0.3) is 0 Å². The predicted molar refractivity (Wildman–Crippen MR) is 93.5 cm³/mol. The van der Waals surface area contributed by atoms with Crippen LogP contribution in [0, 0.1) is 0 Å². The number of nitrogens with one attached hydrogen (secondary N) is 1. The highest BCUT2D eigenvalue weighted by Crippen LogP contribution is 2.27. The van der Waals surface area contributed by atoms with Crippen molar-refractivity contribution in [1.82, 2.24) is 0 Å². The van der Waals surface area contributed by atoms with Gasteiger partial charge in [0, 0.05) is 6.61 Å². The SMILES string of the molecule is CCS(=O)(=O)c1ccc(O)c(NC(=O)[C@H](C)OC[C@@H]2CCCCO2)c1. The van der Waals surface area contributed by atoms with Crippen LogP contribution >= 0.6 is 0 Å². The lowest BCUT2D eigenvalue weighted by atomic mass is 10.1. The molecule has 1 aliphatic rings. The van der Waals surface area contributed by atoms with Crippen LogP contribution in [-0.2, 0) is 24.1 Å². The van der Waals surface area contributed by atoms with E-state index in [1.54, 1.807) is 6.92 Å². The second-order valence-electron chi connectivity index (χ2n) is 6.04. The molecule has 0 unspecified atom stereocenters. The summed E-state index contributed by atoms with van der Waals surface area (Å²) in [5.74, 6) is -0.727. The molecule has 0 spiro atoms. The summed E-state index contributed by atoms with van der Waals surface area (Å²) in [6, 6.07) is 3.81. The number of phenolic OH excluding ortho intramolecular Hbond substituents is 1. The number of phenols is 1. The molecule has 0 aliphatic carbocycles. The number of carbonyl (C=O) groups is 1. The molecule has 0 saturated carbocycles. The molecule has 7 nitrogen and oxygen atoms in total. The third kappa shape index (κ3) is 5.42. The second kappa shape index (κ2) is 8.64. The Hall–Kier alpha value is -1.64. The van der Waals surface area contributed by atoms with Crippen molar-refractivity contribution < 1.29 is 27.8 Å². The van der Waals surface area contributed by atoms with Gasteiger partial charge in [0.2, 0.25) is 0 Å². The third-order valence-electron chi connectivity index (χ3n) is 4.14. The van der Waals surface area contributed by atoms with E-state index in [4.69, 9.17) is 9.47 Å². The van der Waals surface area contributed by atoms with Crippen molar-refractivity contribution in [3.05, 3.63) is 18.2 Å². The van der Waals surface area contributed by atoms with E-state index in [-0.39, 0.29) is 28.2 Å². The second-order valence-corrected chi connectivity index (χ2v) is 8.31. The maximum Gasteiger partial charge on any atom is 0.253 e. The summed E-state index contributed by atoms with van der Waals surface area (Å²) < 4.78 is 34.9. The number of sulfone groups is 1. The molecule has 25 heavy (non-hydrogen) atoms. The van der Waals surface area contributed by atoms with Crippen molar-refractivity contribution >= 4 is 21.4 Å². The number of benzene rings is 1. The standard InChI is InChI=1S/C17H25NO6S/c1-3-25(21,22)14-7-8-16(19)15(10-14)18-17(20)12(2)24-11-13-6-4-5-9-23-13/h7-8,10,12-13,19H,3-6,9,11H2,1-2H3,(H,18,20)/t12-,13-/m0/s1. The number of rotatable bonds is 7. The van der Waals surface area contributed by atoms with Crippen LogP contribution in [0.15, 0.2) is 23.1 Å². The van der Waals surface area contributed by atoms with Gasteiger partial charge in [0.25, 0.3) is 5.91 Å². The molecule has 2 N–H and O–H groups in total. The van der Waals surface area contributed by atoms with E-state index in [1.165, 1.54) is 25.1 Å². The van der Waals surface area contributed by atoms with Gasteiger partial charge in [-0.05, 0) is 44.4 Å². The number of aromatic hydroxyl groups is 1. The van der Waals surface area contributed by atoms with Crippen molar-refractivity contribution in [3.8, 4) is 5.75 Å². The lowest BCUT2D eigenvalue weighted by Gasteiger charge is -2.24. The first-order chi connectivity index (χ1) is 11.8. The zero-order valence-corrected chi connectivity index (χ0v) is 15.3. The lowest BCUT2D eigenvalue weighted by Crippen LogP contribution is -2.32. The Morgan fingerprint density at radius 2 is 2.20 bits per heavy atom. The third-order valence-corrected chi connectivity index (χ3v) is 5.87. The number of carbonyl (C=O) groups excluding carboxylic acids is 1. The summed E-state index contributed by atoms with van der Waals surface area (Å²) in [5, 5.41) is 12.4.